The summed E-state index contributed by atoms with van der Waals surface area (Å²) >= 11 is 6.26. The molecular formula is C21H25ClN4O3. The normalized spacial score (nSPS) is 15.4. The van der Waals surface area contributed by atoms with Gasteiger partial charge in [-0.05, 0) is 36.6 Å². The zero-order valence-electron chi connectivity index (χ0n) is 16.3. The van der Waals surface area contributed by atoms with E-state index < -0.39 is 12.0 Å². The van der Waals surface area contributed by atoms with Crippen LogP contribution in [0.25, 0.3) is 0 Å². The largest absolute Gasteiger partial charge is 0.469 e. The Morgan fingerprint density at radius 1 is 1.21 bits per heavy atom. The van der Waals surface area contributed by atoms with Crippen molar-refractivity contribution >= 4 is 29.4 Å². The molecule has 1 unspecified atom stereocenters. The standard InChI is InChI=1S/C21H25ClN4O3/c1-29-20(27)14-18(16-6-2-3-7-17(16)22)25-21(28)24-15-9-12-26(13-10-15)19-8-4-5-11-23-19/h2-8,11,15,18H,9-10,12-14H2,1H3,(H2,24,25,28). The van der Waals surface area contributed by atoms with Gasteiger partial charge in [0.05, 0.1) is 19.6 Å². The van der Waals surface area contributed by atoms with Gasteiger partial charge in [-0.25, -0.2) is 9.78 Å². The van der Waals surface area contributed by atoms with Crippen molar-refractivity contribution in [2.45, 2.75) is 31.3 Å². The Morgan fingerprint density at radius 2 is 1.93 bits per heavy atom. The number of urea groups is 1. The highest BCUT2D eigenvalue weighted by molar-refractivity contribution is 6.31. The number of methoxy groups -OCH3 is 1. The van der Waals surface area contributed by atoms with E-state index in [1.54, 1.807) is 24.4 Å². The first-order valence-electron chi connectivity index (χ1n) is 9.61. The van der Waals surface area contributed by atoms with E-state index in [9.17, 15) is 9.59 Å². The first kappa shape index (κ1) is 20.9. The molecule has 0 saturated carbocycles. The van der Waals surface area contributed by atoms with Crippen LogP contribution in [-0.4, -0.2) is 43.2 Å². The highest BCUT2D eigenvalue weighted by Crippen LogP contribution is 2.25. The second-order valence-electron chi connectivity index (χ2n) is 6.92. The van der Waals surface area contributed by atoms with Crippen LogP contribution in [0.15, 0.2) is 48.7 Å². The average Bonchev–Trinajstić information content (AvgIpc) is 2.74. The average molecular weight is 417 g/mol. The molecular weight excluding hydrogens is 392 g/mol. The van der Waals surface area contributed by atoms with Crippen LogP contribution in [-0.2, 0) is 9.53 Å². The molecule has 1 fully saturated rings. The molecule has 3 rings (SSSR count). The van der Waals surface area contributed by atoms with E-state index in [1.165, 1.54) is 7.11 Å². The van der Waals surface area contributed by atoms with Crippen molar-refractivity contribution in [1.82, 2.24) is 15.6 Å². The van der Waals surface area contributed by atoms with Crippen molar-refractivity contribution in [3.63, 3.8) is 0 Å². The first-order valence-corrected chi connectivity index (χ1v) is 9.99. The number of hydrogen-bond donors (Lipinski definition) is 2. The molecule has 1 saturated heterocycles. The van der Waals surface area contributed by atoms with Crippen LogP contribution in [0, 0.1) is 0 Å². The summed E-state index contributed by atoms with van der Waals surface area (Å²) in [7, 11) is 1.32. The first-order chi connectivity index (χ1) is 14.1. The molecule has 0 aliphatic carbocycles. The number of rotatable bonds is 6. The van der Waals surface area contributed by atoms with Gasteiger partial charge in [-0.2, -0.15) is 0 Å². The van der Waals surface area contributed by atoms with E-state index >= 15 is 0 Å². The number of halogens is 1. The second-order valence-corrected chi connectivity index (χ2v) is 7.33. The molecule has 8 heteroatoms. The number of carbonyl (C=O) groups excluding carboxylic acids is 2. The molecule has 2 N–H and O–H groups in total. The van der Waals surface area contributed by atoms with Crippen LogP contribution in [0.3, 0.4) is 0 Å². The maximum Gasteiger partial charge on any atom is 0.315 e. The zero-order chi connectivity index (χ0) is 20.6. The molecule has 1 aliphatic rings. The molecule has 2 aromatic rings. The lowest BCUT2D eigenvalue weighted by atomic mass is 10.0. The van der Waals surface area contributed by atoms with Crippen molar-refractivity contribution in [2.75, 3.05) is 25.1 Å². The van der Waals surface area contributed by atoms with Gasteiger partial charge < -0.3 is 20.3 Å². The van der Waals surface area contributed by atoms with Gasteiger partial charge >= 0.3 is 12.0 Å². The van der Waals surface area contributed by atoms with Crippen LogP contribution < -0.4 is 15.5 Å². The number of anilines is 1. The van der Waals surface area contributed by atoms with Crippen molar-refractivity contribution in [1.29, 1.82) is 0 Å². The summed E-state index contributed by atoms with van der Waals surface area (Å²) in [6.45, 7) is 1.64. The van der Waals surface area contributed by atoms with Crippen LogP contribution in [0.5, 0.6) is 0 Å². The third-order valence-electron chi connectivity index (χ3n) is 4.99. The van der Waals surface area contributed by atoms with Gasteiger partial charge in [0.25, 0.3) is 0 Å². The summed E-state index contributed by atoms with van der Waals surface area (Å²) in [5, 5.41) is 6.37. The molecule has 1 atom stereocenters. The fraction of sp³-hybridized carbons (Fsp3) is 0.381. The Hall–Kier alpha value is -2.80. The van der Waals surface area contributed by atoms with E-state index in [4.69, 9.17) is 16.3 Å². The number of amides is 2. The highest BCUT2D eigenvalue weighted by atomic mass is 35.5. The molecule has 0 spiro atoms. The molecule has 0 radical (unpaired) electrons. The van der Waals surface area contributed by atoms with Gasteiger partial charge in [0, 0.05) is 30.4 Å². The molecule has 154 valence electrons. The van der Waals surface area contributed by atoms with E-state index in [1.807, 2.05) is 24.3 Å². The topological polar surface area (TPSA) is 83.6 Å². The van der Waals surface area contributed by atoms with Crippen molar-refractivity contribution in [3.05, 3.63) is 59.2 Å². The van der Waals surface area contributed by atoms with E-state index in [-0.39, 0.29) is 18.5 Å². The SMILES string of the molecule is COC(=O)CC(NC(=O)NC1CCN(c2ccccn2)CC1)c1ccccc1Cl. The van der Waals surface area contributed by atoms with Crippen molar-refractivity contribution in [3.8, 4) is 0 Å². The maximum absolute atomic E-state index is 12.6. The lowest BCUT2D eigenvalue weighted by Crippen LogP contribution is -2.49. The molecule has 29 heavy (non-hydrogen) atoms. The van der Waals surface area contributed by atoms with Gasteiger partial charge in [0.2, 0.25) is 0 Å². The quantitative estimate of drug-likeness (QED) is 0.706. The number of esters is 1. The number of benzene rings is 1. The summed E-state index contributed by atoms with van der Waals surface area (Å²) in [5.41, 5.74) is 0.680. The predicted molar refractivity (Wildman–Crippen MR) is 112 cm³/mol. The second kappa shape index (κ2) is 10.1. The van der Waals surface area contributed by atoms with Crippen molar-refractivity contribution < 1.29 is 14.3 Å². The van der Waals surface area contributed by atoms with Gasteiger partial charge in [0.1, 0.15) is 5.82 Å². The summed E-state index contributed by atoms with van der Waals surface area (Å²) in [6, 6.07) is 12.2. The summed E-state index contributed by atoms with van der Waals surface area (Å²) < 4.78 is 4.76. The van der Waals surface area contributed by atoms with Crippen molar-refractivity contribution in [2.24, 2.45) is 0 Å². The molecule has 0 bridgehead atoms. The number of nitrogens with one attached hydrogen (secondary N) is 2. The number of piperidine rings is 1. The number of ether oxygens (including phenoxy) is 1. The molecule has 1 aromatic carbocycles. The Kier molecular flexibility index (Phi) is 7.30. The van der Waals surface area contributed by atoms with Gasteiger partial charge in [-0.3, -0.25) is 4.79 Å². The monoisotopic (exact) mass is 416 g/mol. The maximum atomic E-state index is 12.6. The number of carbonyl (C=O) groups is 2. The highest BCUT2D eigenvalue weighted by Gasteiger charge is 2.24. The van der Waals surface area contributed by atoms with E-state index in [0.717, 1.165) is 31.7 Å². The number of aromatic nitrogens is 1. The fourth-order valence-corrected chi connectivity index (χ4v) is 3.69. The summed E-state index contributed by atoms with van der Waals surface area (Å²) in [6.07, 6.45) is 3.42. The Bertz CT molecular complexity index is 826. The van der Waals surface area contributed by atoms with E-state index in [0.29, 0.717) is 10.6 Å². The Balaban J connectivity index is 1.56. The predicted octanol–water partition coefficient (Wildman–Crippen LogP) is 3.31. The Labute approximate surface area is 175 Å². The number of hydrogen-bond acceptors (Lipinski definition) is 5. The molecule has 7 nitrogen and oxygen atoms in total. The van der Waals surface area contributed by atoms with Gasteiger partial charge in [-0.1, -0.05) is 35.9 Å². The number of pyridine rings is 1. The lowest BCUT2D eigenvalue weighted by Gasteiger charge is -2.33. The van der Waals surface area contributed by atoms with Crippen LogP contribution in [0.1, 0.15) is 30.9 Å². The third kappa shape index (κ3) is 5.84. The minimum Gasteiger partial charge on any atom is -0.469 e. The summed E-state index contributed by atoms with van der Waals surface area (Å²) in [4.78, 5) is 31.0. The number of nitrogens with zero attached hydrogens (tertiary/aromatic N) is 2. The van der Waals surface area contributed by atoms with Gasteiger partial charge in [0.15, 0.2) is 0 Å². The van der Waals surface area contributed by atoms with E-state index in [2.05, 4.69) is 20.5 Å². The Morgan fingerprint density at radius 3 is 2.59 bits per heavy atom. The van der Waals surface area contributed by atoms with Crippen LogP contribution in [0.2, 0.25) is 5.02 Å². The molecule has 1 aromatic heterocycles. The van der Waals surface area contributed by atoms with Crippen LogP contribution in [0.4, 0.5) is 10.6 Å². The minimum absolute atomic E-state index is 0.00573. The zero-order valence-corrected chi connectivity index (χ0v) is 17.1. The van der Waals surface area contributed by atoms with Gasteiger partial charge in [-0.15, -0.1) is 0 Å². The molecule has 2 amide bonds. The fourth-order valence-electron chi connectivity index (χ4n) is 3.43. The van der Waals surface area contributed by atoms with Crippen LogP contribution >= 0.6 is 11.6 Å². The summed E-state index contributed by atoms with van der Waals surface area (Å²) in [5.74, 6) is 0.533. The molecule has 2 heterocycles. The minimum atomic E-state index is -0.565. The lowest BCUT2D eigenvalue weighted by molar-refractivity contribution is -0.141. The molecule has 1 aliphatic heterocycles. The third-order valence-corrected chi connectivity index (χ3v) is 5.33. The smallest absolute Gasteiger partial charge is 0.315 e.